The molecular weight excluding hydrogens is 370 g/mol. The lowest BCUT2D eigenvalue weighted by Gasteiger charge is -2.09. The van der Waals surface area contributed by atoms with Crippen LogP contribution in [0.2, 0.25) is 0 Å². The van der Waals surface area contributed by atoms with Gasteiger partial charge < -0.3 is 19.6 Å². The number of nitrogens with two attached hydrogens (primary N) is 1. The van der Waals surface area contributed by atoms with E-state index in [0.717, 1.165) is 42.0 Å². The second-order valence-electron chi connectivity index (χ2n) is 6.82. The Morgan fingerprint density at radius 3 is 2.66 bits per heavy atom. The van der Waals surface area contributed by atoms with Crippen molar-refractivity contribution in [3.8, 4) is 22.5 Å². The Hall–Kier alpha value is -3.59. The third-order valence-electron chi connectivity index (χ3n) is 4.83. The quantitative estimate of drug-likeness (QED) is 0.553. The van der Waals surface area contributed by atoms with Crippen molar-refractivity contribution in [2.45, 2.75) is 25.5 Å². The van der Waals surface area contributed by atoms with Crippen LogP contribution in [0.15, 0.2) is 53.6 Å². The molecule has 1 saturated heterocycles. The zero-order valence-electron chi connectivity index (χ0n) is 15.6. The Bertz CT molecular complexity index is 1100. The highest BCUT2D eigenvalue weighted by Crippen LogP contribution is 2.31. The molecule has 1 unspecified atom stereocenters. The van der Waals surface area contributed by atoms with Gasteiger partial charge in [-0.1, -0.05) is 35.5 Å². The molecule has 1 aliphatic heterocycles. The van der Waals surface area contributed by atoms with Gasteiger partial charge in [-0.3, -0.25) is 0 Å². The third-order valence-corrected chi connectivity index (χ3v) is 4.83. The molecule has 0 bridgehead atoms. The predicted molar refractivity (Wildman–Crippen MR) is 104 cm³/mol. The van der Waals surface area contributed by atoms with Gasteiger partial charge in [0.05, 0.1) is 24.3 Å². The van der Waals surface area contributed by atoms with Gasteiger partial charge in [0.25, 0.3) is 5.89 Å². The fraction of sp³-hybridized carbons (Fsp3) is 0.250. The molecule has 3 aromatic heterocycles. The van der Waals surface area contributed by atoms with E-state index in [1.54, 1.807) is 18.7 Å². The van der Waals surface area contributed by atoms with Gasteiger partial charge in [0.1, 0.15) is 6.10 Å². The van der Waals surface area contributed by atoms with Crippen LogP contribution in [-0.2, 0) is 11.3 Å². The van der Waals surface area contributed by atoms with E-state index in [1.165, 1.54) is 0 Å². The van der Waals surface area contributed by atoms with Crippen LogP contribution in [-0.4, -0.2) is 36.3 Å². The van der Waals surface area contributed by atoms with Gasteiger partial charge in [0, 0.05) is 30.1 Å². The average molecular weight is 389 g/mol. The third kappa shape index (κ3) is 3.47. The molecule has 0 radical (unpaired) electrons. The summed E-state index contributed by atoms with van der Waals surface area (Å²) in [7, 11) is 0. The van der Waals surface area contributed by atoms with Crippen LogP contribution in [0.25, 0.3) is 22.5 Å². The van der Waals surface area contributed by atoms with Gasteiger partial charge in [-0.25, -0.2) is 15.0 Å². The summed E-state index contributed by atoms with van der Waals surface area (Å²) >= 11 is 0. The lowest BCUT2D eigenvalue weighted by molar-refractivity contribution is 0.0835. The lowest BCUT2D eigenvalue weighted by atomic mass is 10.1. The Balaban J connectivity index is 1.52. The Labute approximate surface area is 166 Å². The van der Waals surface area contributed by atoms with E-state index in [2.05, 4.69) is 25.1 Å². The van der Waals surface area contributed by atoms with Crippen LogP contribution in [0.3, 0.4) is 0 Å². The molecule has 9 heteroatoms. The second-order valence-corrected chi connectivity index (χ2v) is 6.82. The van der Waals surface area contributed by atoms with Crippen molar-refractivity contribution in [1.82, 2.24) is 29.7 Å². The molecule has 4 heterocycles. The first kappa shape index (κ1) is 17.5. The second kappa shape index (κ2) is 7.44. The normalized spacial score (nSPS) is 16.3. The van der Waals surface area contributed by atoms with Crippen LogP contribution in [0, 0.1) is 0 Å². The molecule has 0 saturated carbocycles. The number of rotatable bonds is 5. The number of anilines is 1. The first-order valence-electron chi connectivity index (χ1n) is 9.40. The summed E-state index contributed by atoms with van der Waals surface area (Å²) in [4.78, 5) is 17.4. The Kier molecular flexibility index (Phi) is 4.49. The zero-order chi connectivity index (χ0) is 19.6. The van der Waals surface area contributed by atoms with Crippen LogP contribution in [0.5, 0.6) is 0 Å². The maximum absolute atomic E-state index is 5.66. The van der Waals surface area contributed by atoms with E-state index in [9.17, 15) is 0 Å². The van der Waals surface area contributed by atoms with Gasteiger partial charge in [0.2, 0.25) is 5.95 Å². The van der Waals surface area contributed by atoms with Crippen molar-refractivity contribution >= 4 is 5.95 Å². The van der Waals surface area contributed by atoms with Crippen molar-refractivity contribution in [3.05, 3.63) is 60.8 Å². The van der Waals surface area contributed by atoms with E-state index < -0.39 is 0 Å². The van der Waals surface area contributed by atoms with Crippen molar-refractivity contribution in [2.24, 2.45) is 0 Å². The first-order chi connectivity index (χ1) is 14.3. The maximum atomic E-state index is 5.66. The largest absolute Gasteiger partial charge is 0.368 e. The minimum atomic E-state index is -0.108. The number of ether oxygens (including phenoxy) is 1. The summed E-state index contributed by atoms with van der Waals surface area (Å²) in [6, 6.07) is 9.95. The van der Waals surface area contributed by atoms with E-state index >= 15 is 0 Å². The van der Waals surface area contributed by atoms with Crippen LogP contribution in [0.4, 0.5) is 5.95 Å². The molecule has 9 nitrogen and oxygen atoms in total. The summed E-state index contributed by atoms with van der Waals surface area (Å²) < 4.78 is 13.0. The molecule has 1 atom stereocenters. The molecule has 146 valence electrons. The number of nitrogens with zero attached hydrogens (tertiary/aromatic N) is 6. The van der Waals surface area contributed by atoms with E-state index in [1.807, 2.05) is 34.9 Å². The summed E-state index contributed by atoms with van der Waals surface area (Å²) in [5, 5.41) is 4.12. The van der Waals surface area contributed by atoms with Crippen molar-refractivity contribution < 1.29 is 9.26 Å². The minimum absolute atomic E-state index is 0.108. The monoisotopic (exact) mass is 389 g/mol. The van der Waals surface area contributed by atoms with Gasteiger partial charge >= 0.3 is 0 Å². The smallest absolute Gasteiger partial charge is 0.255 e. The van der Waals surface area contributed by atoms with Crippen LogP contribution in [0.1, 0.15) is 30.7 Å². The SMILES string of the molecule is Nc1ncc(-c2c(-c3ccccc3)ncn2Cc2noc(C3CCCO3)n2)cn1. The molecule has 2 N–H and O–H groups in total. The lowest BCUT2D eigenvalue weighted by Crippen LogP contribution is -2.04. The first-order valence-corrected chi connectivity index (χ1v) is 9.40. The number of hydrogen-bond donors (Lipinski definition) is 1. The summed E-state index contributed by atoms with van der Waals surface area (Å²) in [5.74, 6) is 1.31. The molecule has 29 heavy (non-hydrogen) atoms. The van der Waals surface area contributed by atoms with Gasteiger partial charge in [-0.2, -0.15) is 4.98 Å². The number of nitrogen functional groups attached to an aromatic ring is 1. The number of aromatic nitrogens is 6. The highest BCUT2D eigenvalue weighted by atomic mass is 16.5. The Morgan fingerprint density at radius 1 is 1.07 bits per heavy atom. The number of benzene rings is 1. The van der Waals surface area contributed by atoms with Crippen molar-refractivity contribution in [2.75, 3.05) is 12.3 Å². The molecule has 0 aliphatic carbocycles. The van der Waals surface area contributed by atoms with E-state index in [0.29, 0.717) is 18.3 Å². The fourth-order valence-corrected chi connectivity index (χ4v) is 3.46. The molecule has 1 aromatic carbocycles. The highest BCUT2D eigenvalue weighted by Gasteiger charge is 2.24. The van der Waals surface area contributed by atoms with E-state index in [4.69, 9.17) is 15.0 Å². The number of hydrogen-bond acceptors (Lipinski definition) is 8. The molecule has 0 spiro atoms. The zero-order valence-corrected chi connectivity index (χ0v) is 15.6. The van der Waals surface area contributed by atoms with Gasteiger partial charge in [-0.05, 0) is 12.8 Å². The van der Waals surface area contributed by atoms with Crippen LogP contribution < -0.4 is 5.73 Å². The highest BCUT2D eigenvalue weighted by molar-refractivity contribution is 5.78. The summed E-state index contributed by atoms with van der Waals surface area (Å²) in [6.07, 6.45) is 6.94. The van der Waals surface area contributed by atoms with Crippen molar-refractivity contribution in [3.63, 3.8) is 0 Å². The molecule has 5 rings (SSSR count). The van der Waals surface area contributed by atoms with E-state index in [-0.39, 0.29) is 12.1 Å². The Morgan fingerprint density at radius 2 is 1.90 bits per heavy atom. The standard InChI is InChI=1S/C20H19N7O2/c21-20-22-9-14(10-23-20)18-17(13-5-2-1-3-6-13)24-12-27(18)11-16-25-19(29-26-16)15-7-4-8-28-15/h1-3,5-6,9-10,12,15H,4,7-8,11H2,(H2,21,22,23). The van der Waals surface area contributed by atoms with Gasteiger partial charge in [-0.15, -0.1) is 0 Å². The predicted octanol–water partition coefficient (Wildman–Crippen LogP) is 2.87. The molecule has 0 amide bonds. The minimum Gasteiger partial charge on any atom is -0.368 e. The molecule has 1 fully saturated rings. The van der Waals surface area contributed by atoms with Gasteiger partial charge in [0.15, 0.2) is 5.82 Å². The topological polar surface area (TPSA) is 118 Å². The molecule has 4 aromatic rings. The maximum Gasteiger partial charge on any atom is 0.255 e. The molecular formula is C20H19N7O2. The number of imidazole rings is 1. The molecule has 1 aliphatic rings. The summed E-state index contributed by atoms with van der Waals surface area (Å²) in [6.45, 7) is 1.13. The summed E-state index contributed by atoms with van der Waals surface area (Å²) in [5.41, 5.74) is 9.14. The van der Waals surface area contributed by atoms with Crippen molar-refractivity contribution in [1.29, 1.82) is 0 Å². The average Bonchev–Trinajstić information content (AvgIpc) is 3.51. The van der Waals surface area contributed by atoms with Crippen LogP contribution >= 0.6 is 0 Å². The fourth-order valence-electron chi connectivity index (χ4n) is 3.46.